The number of rotatable bonds is 2. The first-order valence-corrected chi connectivity index (χ1v) is 3.36. The van der Waals surface area contributed by atoms with Gasteiger partial charge in [0, 0.05) is 7.11 Å². The van der Waals surface area contributed by atoms with E-state index < -0.39 is 0 Å². The SMILES string of the molecule is COCn1cnc(Cl)c1Cl. The molecule has 0 spiro atoms. The molecular weight excluding hydrogens is 175 g/mol. The van der Waals surface area contributed by atoms with Crippen molar-refractivity contribution in [1.82, 2.24) is 9.55 Å². The molecule has 0 unspecified atom stereocenters. The van der Waals surface area contributed by atoms with Crippen molar-refractivity contribution in [3.8, 4) is 0 Å². The average molecular weight is 181 g/mol. The second-order valence-electron chi connectivity index (χ2n) is 1.71. The number of imidazole rings is 1. The summed E-state index contributed by atoms with van der Waals surface area (Å²) in [6.45, 7) is 0.374. The first-order chi connectivity index (χ1) is 4.75. The van der Waals surface area contributed by atoms with Crippen molar-refractivity contribution in [2.45, 2.75) is 6.73 Å². The molecule has 0 saturated heterocycles. The van der Waals surface area contributed by atoms with Crippen molar-refractivity contribution in [3.63, 3.8) is 0 Å². The van der Waals surface area contributed by atoms with Gasteiger partial charge in [-0.3, -0.25) is 4.57 Å². The third-order valence-electron chi connectivity index (χ3n) is 1.00. The fourth-order valence-corrected chi connectivity index (χ4v) is 0.865. The van der Waals surface area contributed by atoms with Crippen molar-refractivity contribution < 1.29 is 4.74 Å². The van der Waals surface area contributed by atoms with Crippen LogP contribution in [0.25, 0.3) is 0 Å². The summed E-state index contributed by atoms with van der Waals surface area (Å²) in [5, 5.41) is 0.710. The second kappa shape index (κ2) is 3.23. The number of hydrogen-bond acceptors (Lipinski definition) is 2. The minimum Gasteiger partial charge on any atom is -0.364 e. The highest BCUT2D eigenvalue weighted by atomic mass is 35.5. The molecule has 0 aliphatic rings. The Morgan fingerprint density at radius 2 is 2.40 bits per heavy atom. The molecule has 0 fully saturated rings. The van der Waals surface area contributed by atoms with Crippen LogP contribution >= 0.6 is 23.2 Å². The Balaban J connectivity index is 2.83. The molecular formula is C5H6Cl2N2O. The van der Waals surface area contributed by atoms with Gasteiger partial charge >= 0.3 is 0 Å². The van der Waals surface area contributed by atoms with Gasteiger partial charge in [0.05, 0.1) is 6.33 Å². The summed E-state index contributed by atoms with van der Waals surface area (Å²) in [7, 11) is 1.57. The zero-order valence-corrected chi connectivity index (χ0v) is 6.85. The topological polar surface area (TPSA) is 27.1 Å². The Morgan fingerprint density at radius 1 is 1.70 bits per heavy atom. The molecule has 56 valence electrons. The predicted octanol–water partition coefficient (Wildman–Crippen LogP) is 1.79. The highest BCUT2D eigenvalue weighted by Crippen LogP contribution is 2.18. The standard InChI is InChI=1S/C5H6Cl2N2O/c1-10-3-9-2-8-4(6)5(9)7/h2H,3H2,1H3. The quantitative estimate of drug-likeness (QED) is 0.695. The average Bonchev–Trinajstić information content (AvgIpc) is 2.20. The molecule has 0 amide bonds. The lowest BCUT2D eigenvalue weighted by atomic mass is 10.9. The van der Waals surface area contributed by atoms with Crippen molar-refractivity contribution in [2.75, 3.05) is 7.11 Å². The number of nitrogens with zero attached hydrogens (tertiary/aromatic N) is 2. The smallest absolute Gasteiger partial charge is 0.166 e. The molecule has 10 heavy (non-hydrogen) atoms. The lowest BCUT2D eigenvalue weighted by Crippen LogP contribution is -1.96. The Bertz CT molecular complexity index is 223. The van der Waals surface area contributed by atoms with Gasteiger partial charge in [-0.05, 0) is 0 Å². The largest absolute Gasteiger partial charge is 0.364 e. The van der Waals surface area contributed by atoms with E-state index in [4.69, 9.17) is 27.9 Å². The number of halogens is 2. The zero-order valence-electron chi connectivity index (χ0n) is 5.34. The van der Waals surface area contributed by atoms with Crippen LogP contribution in [-0.4, -0.2) is 16.7 Å². The van der Waals surface area contributed by atoms with Gasteiger partial charge in [0.2, 0.25) is 0 Å². The summed E-state index contributed by atoms with van der Waals surface area (Å²) in [6.07, 6.45) is 1.52. The molecule has 5 heteroatoms. The fraction of sp³-hybridized carbons (Fsp3) is 0.400. The fourth-order valence-electron chi connectivity index (χ4n) is 0.572. The van der Waals surface area contributed by atoms with E-state index in [9.17, 15) is 0 Å². The molecule has 0 N–H and O–H groups in total. The Hall–Kier alpha value is -0.250. The summed E-state index contributed by atoms with van der Waals surface area (Å²) in [6, 6.07) is 0. The molecule has 0 bridgehead atoms. The zero-order chi connectivity index (χ0) is 7.56. The molecule has 3 nitrogen and oxygen atoms in total. The van der Waals surface area contributed by atoms with E-state index in [1.54, 1.807) is 11.7 Å². The van der Waals surface area contributed by atoms with Gasteiger partial charge in [0.25, 0.3) is 0 Å². The Kier molecular flexibility index (Phi) is 2.54. The molecule has 1 aromatic heterocycles. The van der Waals surface area contributed by atoms with Crippen LogP contribution in [0.15, 0.2) is 6.33 Å². The van der Waals surface area contributed by atoms with Crippen LogP contribution in [0.5, 0.6) is 0 Å². The van der Waals surface area contributed by atoms with Gasteiger partial charge in [-0.25, -0.2) is 4.98 Å². The molecule has 0 aliphatic heterocycles. The van der Waals surface area contributed by atoms with Crippen LogP contribution in [0.2, 0.25) is 10.3 Å². The third kappa shape index (κ3) is 1.42. The first kappa shape index (κ1) is 7.85. The van der Waals surface area contributed by atoms with E-state index in [1.165, 1.54) is 6.33 Å². The molecule has 1 aromatic rings. The minimum absolute atomic E-state index is 0.304. The molecule has 0 saturated carbocycles. The highest BCUT2D eigenvalue weighted by Gasteiger charge is 2.03. The number of ether oxygens (including phenoxy) is 1. The number of methoxy groups -OCH3 is 1. The molecule has 0 aromatic carbocycles. The van der Waals surface area contributed by atoms with Crippen molar-refractivity contribution in [3.05, 3.63) is 16.6 Å². The van der Waals surface area contributed by atoms with Gasteiger partial charge in [-0.15, -0.1) is 0 Å². The van der Waals surface area contributed by atoms with Gasteiger partial charge < -0.3 is 4.74 Å². The Morgan fingerprint density at radius 3 is 2.80 bits per heavy atom. The van der Waals surface area contributed by atoms with Crippen LogP contribution < -0.4 is 0 Å². The minimum atomic E-state index is 0.304. The maximum Gasteiger partial charge on any atom is 0.166 e. The van der Waals surface area contributed by atoms with Gasteiger partial charge in [-0.1, -0.05) is 23.2 Å². The van der Waals surface area contributed by atoms with Crippen LogP contribution in [-0.2, 0) is 11.5 Å². The van der Waals surface area contributed by atoms with Crippen molar-refractivity contribution in [1.29, 1.82) is 0 Å². The predicted molar refractivity (Wildman–Crippen MR) is 39.3 cm³/mol. The van der Waals surface area contributed by atoms with E-state index in [0.717, 1.165) is 0 Å². The van der Waals surface area contributed by atoms with Crippen LogP contribution in [0, 0.1) is 0 Å². The van der Waals surface area contributed by atoms with Crippen LogP contribution in [0.1, 0.15) is 0 Å². The normalized spacial score (nSPS) is 10.3. The lowest BCUT2D eigenvalue weighted by Gasteiger charge is -1.99. The monoisotopic (exact) mass is 180 g/mol. The van der Waals surface area contributed by atoms with E-state index in [1.807, 2.05) is 0 Å². The summed E-state index contributed by atoms with van der Waals surface area (Å²) in [5.74, 6) is 0. The molecule has 1 rings (SSSR count). The first-order valence-electron chi connectivity index (χ1n) is 2.60. The van der Waals surface area contributed by atoms with Gasteiger partial charge in [0.15, 0.2) is 5.15 Å². The second-order valence-corrected chi connectivity index (χ2v) is 2.43. The van der Waals surface area contributed by atoms with Crippen molar-refractivity contribution >= 4 is 23.2 Å². The lowest BCUT2D eigenvalue weighted by molar-refractivity contribution is 0.131. The van der Waals surface area contributed by atoms with Gasteiger partial charge in [-0.2, -0.15) is 0 Å². The van der Waals surface area contributed by atoms with E-state index in [0.29, 0.717) is 17.0 Å². The van der Waals surface area contributed by atoms with Crippen LogP contribution in [0.3, 0.4) is 0 Å². The number of aromatic nitrogens is 2. The summed E-state index contributed by atoms with van der Waals surface area (Å²) < 4.78 is 6.40. The number of hydrogen-bond donors (Lipinski definition) is 0. The molecule has 0 aliphatic carbocycles. The van der Waals surface area contributed by atoms with E-state index in [-0.39, 0.29) is 0 Å². The third-order valence-corrected chi connectivity index (χ3v) is 1.77. The summed E-state index contributed by atoms with van der Waals surface area (Å²) in [5.41, 5.74) is 0. The highest BCUT2D eigenvalue weighted by molar-refractivity contribution is 6.40. The maximum atomic E-state index is 5.68. The molecule has 0 radical (unpaired) electrons. The van der Waals surface area contributed by atoms with Gasteiger partial charge in [0.1, 0.15) is 11.9 Å². The van der Waals surface area contributed by atoms with Crippen molar-refractivity contribution in [2.24, 2.45) is 0 Å². The van der Waals surface area contributed by atoms with E-state index in [2.05, 4.69) is 4.98 Å². The molecule has 1 heterocycles. The van der Waals surface area contributed by atoms with Crippen LogP contribution in [0.4, 0.5) is 0 Å². The van der Waals surface area contributed by atoms with E-state index >= 15 is 0 Å². The Labute approximate surface area is 68.5 Å². The summed E-state index contributed by atoms with van der Waals surface area (Å²) >= 11 is 11.2. The molecule has 0 atom stereocenters. The maximum absolute atomic E-state index is 5.68. The summed E-state index contributed by atoms with van der Waals surface area (Å²) in [4.78, 5) is 3.75.